The van der Waals surface area contributed by atoms with Crippen molar-refractivity contribution in [1.82, 2.24) is 10.6 Å². The van der Waals surface area contributed by atoms with Gasteiger partial charge in [-0.1, -0.05) is 33.1 Å². The molecule has 1 aliphatic heterocycles. The minimum absolute atomic E-state index is 0. The normalized spacial score (nSPS) is 19.8. The van der Waals surface area contributed by atoms with Crippen LogP contribution in [0.1, 0.15) is 58.8 Å². The van der Waals surface area contributed by atoms with Crippen LogP contribution >= 0.6 is 12.4 Å². The van der Waals surface area contributed by atoms with Gasteiger partial charge in [-0.05, 0) is 44.2 Å². The molecular formula is C15H31ClN2O. The zero-order chi connectivity index (χ0) is 13.2. The summed E-state index contributed by atoms with van der Waals surface area (Å²) >= 11 is 0. The maximum atomic E-state index is 11.8. The highest BCUT2D eigenvalue weighted by molar-refractivity contribution is 5.85. The van der Waals surface area contributed by atoms with Gasteiger partial charge in [-0.15, -0.1) is 12.4 Å². The number of amides is 1. The van der Waals surface area contributed by atoms with E-state index in [4.69, 9.17) is 0 Å². The maximum absolute atomic E-state index is 11.8. The molecule has 1 heterocycles. The number of hydrogen-bond donors (Lipinski definition) is 2. The molecule has 0 spiro atoms. The van der Waals surface area contributed by atoms with Crippen molar-refractivity contribution in [2.24, 2.45) is 11.8 Å². The second kappa shape index (κ2) is 11.5. The molecule has 114 valence electrons. The fraction of sp³-hybridized carbons (Fsp3) is 0.933. The predicted molar refractivity (Wildman–Crippen MR) is 83.8 cm³/mol. The molecule has 1 amide bonds. The van der Waals surface area contributed by atoms with Crippen LogP contribution < -0.4 is 10.6 Å². The van der Waals surface area contributed by atoms with Gasteiger partial charge in [-0.2, -0.15) is 0 Å². The minimum atomic E-state index is 0. The summed E-state index contributed by atoms with van der Waals surface area (Å²) in [5, 5.41) is 6.45. The molecule has 0 bridgehead atoms. The van der Waals surface area contributed by atoms with Gasteiger partial charge in [-0.3, -0.25) is 4.79 Å². The number of rotatable bonds is 9. The molecule has 0 aromatic heterocycles. The van der Waals surface area contributed by atoms with Crippen molar-refractivity contribution in [3.63, 3.8) is 0 Å². The second-order valence-electron chi connectivity index (χ2n) is 5.62. The van der Waals surface area contributed by atoms with Crippen molar-refractivity contribution in [2.75, 3.05) is 19.6 Å². The molecule has 2 atom stereocenters. The molecule has 1 fully saturated rings. The van der Waals surface area contributed by atoms with Crippen LogP contribution in [0.2, 0.25) is 0 Å². The maximum Gasteiger partial charge on any atom is 0.220 e. The van der Waals surface area contributed by atoms with E-state index in [1.807, 2.05) is 0 Å². The van der Waals surface area contributed by atoms with Crippen molar-refractivity contribution in [3.8, 4) is 0 Å². The Balaban J connectivity index is 0.00000324. The van der Waals surface area contributed by atoms with Gasteiger partial charge in [0.15, 0.2) is 0 Å². The van der Waals surface area contributed by atoms with E-state index in [9.17, 15) is 4.79 Å². The minimum Gasteiger partial charge on any atom is -0.356 e. The lowest BCUT2D eigenvalue weighted by Gasteiger charge is -2.15. The standard InChI is InChI=1S/C15H30N2O.ClH/c1-3-5-6-13(4-2)12-17-15(18)8-7-14-9-10-16-11-14;/h13-14,16H,3-12H2,1-2H3,(H,17,18);1H. The van der Waals surface area contributed by atoms with Crippen molar-refractivity contribution < 1.29 is 4.79 Å². The van der Waals surface area contributed by atoms with Gasteiger partial charge in [0.1, 0.15) is 0 Å². The number of carbonyl (C=O) groups excluding carboxylic acids is 1. The summed E-state index contributed by atoms with van der Waals surface area (Å²) in [5.74, 6) is 1.64. The van der Waals surface area contributed by atoms with E-state index in [0.717, 1.165) is 32.0 Å². The Labute approximate surface area is 124 Å². The van der Waals surface area contributed by atoms with Gasteiger partial charge in [0.25, 0.3) is 0 Å². The van der Waals surface area contributed by atoms with Crippen LogP contribution in [0.25, 0.3) is 0 Å². The van der Waals surface area contributed by atoms with E-state index in [2.05, 4.69) is 24.5 Å². The molecule has 0 aliphatic carbocycles. The van der Waals surface area contributed by atoms with Gasteiger partial charge in [-0.25, -0.2) is 0 Å². The first kappa shape index (κ1) is 18.7. The van der Waals surface area contributed by atoms with Crippen molar-refractivity contribution in [3.05, 3.63) is 0 Å². The summed E-state index contributed by atoms with van der Waals surface area (Å²) in [6.45, 7) is 7.54. The number of hydrogen-bond acceptors (Lipinski definition) is 2. The zero-order valence-corrected chi connectivity index (χ0v) is 13.4. The van der Waals surface area contributed by atoms with Crippen LogP contribution in [-0.4, -0.2) is 25.5 Å². The first-order chi connectivity index (χ1) is 8.76. The topological polar surface area (TPSA) is 41.1 Å². The van der Waals surface area contributed by atoms with Crippen LogP contribution in [-0.2, 0) is 4.79 Å². The third kappa shape index (κ3) is 8.48. The Morgan fingerprint density at radius 2 is 2.21 bits per heavy atom. The van der Waals surface area contributed by atoms with Gasteiger partial charge in [0.2, 0.25) is 5.91 Å². The summed E-state index contributed by atoms with van der Waals surface area (Å²) in [4.78, 5) is 11.8. The highest BCUT2D eigenvalue weighted by Gasteiger charge is 2.16. The molecule has 0 aromatic carbocycles. The second-order valence-corrected chi connectivity index (χ2v) is 5.62. The van der Waals surface area contributed by atoms with E-state index in [1.165, 1.54) is 32.1 Å². The Hall–Kier alpha value is -0.280. The summed E-state index contributed by atoms with van der Waals surface area (Å²) in [6, 6.07) is 0. The first-order valence-corrected chi connectivity index (χ1v) is 7.73. The molecule has 0 radical (unpaired) electrons. The first-order valence-electron chi connectivity index (χ1n) is 7.73. The van der Waals surface area contributed by atoms with Crippen LogP contribution in [0.15, 0.2) is 0 Å². The molecule has 1 aliphatic rings. The molecular weight excluding hydrogens is 260 g/mol. The van der Waals surface area contributed by atoms with Crippen LogP contribution in [0.5, 0.6) is 0 Å². The van der Waals surface area contributed by atoms with Crippen molar-refractivity contribution in [1.29, 1.82) is 0 Å². The molecule has 4 heteroatoms. The monoisotopic (exact) mass is 290 g/mol. The molecule has 2 N–H and O–H groups in total. The zero-order valence-electron chi connectivity index (χ0n) is 12.5. The Morgan fingerprint density at radius 3 is 2.79 bits per heavy atom. The summed E-state index contributed by atoms with van der Waals surface area (Å²) < 4.78 is 0. The van der Waals surface area contributed by atoms with Crippen molar-refractivity contribution >= 4 is 18.3 Å². The van der Waals surface area contributed by atoms with Gasteiger partial charge < -0.3 is 10.6 Å². The van der Waals surface area contributed by atoms with Gasteiger partial charge in [0, 0.05) is 13.0 Å². The quantitative estimate of drug-likeness (QED) is 0.685. The smallest absolute Gasteiger partial charge is 0.220 e. The highest BCUT2D eigenvalue weighted by Crippen LogP contribution is 2.14. The Bertz CT molecular complexity index is 230. The largest absolute Gasteiger partial charge is 0.356 e. The van der Waals surface area contributed by atoms with Gasteiger partial charge >= 0.3 is 0 Å². The van der Waals surface area contributed by atoms with Crippen molar-refractivity contribution in [2.45, 2.75) is 58.8 Å². The number of carbonyl (C=O) groups is 1. The third-order valence-corrected chi connectivity index (χ3v) is 4.07. The van der Waals surface area contributed by atoms with E-state index < -0.39 is 0 Å². The van der Waals surface area contributed by atoms with E-state index in [0.29, 0.717) is 12.3 Å². The molecule has 3 nitrogen and oxygen atoms in total. The van der Waals surface area contributed by atoms with Crippen LogP contribution in [0.4, 0.5) is 0 Å². The average Bonchev–Trinajstić information content (AvgIpc) is 2.89. The molecule has 0 saturated carbocycles. The fourth-order valence-electron chi connectivity index (χ4n) is 2.59. The number of halogens is 1. The lowest BCUT2D eigenvalue weighted by molar-refractivity contribution is -0.121. The van der Waals surface area contributed by atoms with E-state index in [-0.39, 0.29) is 18.3 Å². The van der Waals surface area contributed by atoms with Crippen LogP contribution in [0, 0.1) is 11.8 Å². The summed E-state index contributed by atoms with van der Waals surface area (Å²) in [5.41, 5.74) is 0. The van der Waals surface area contributed by atoms with Gasteiger partial charge in [0.05, 0.1) is 0 Å². The SMILES string of the molecule is CCCCC(CC)CNC(=O)CCC1CCNC1.Cl. The lowest BCUT2D eigenvalue weighted by atomic mass is 9.99. The van der Waals surface area contributed by atoms with E-state index >= 15 is 0 Å². The third-order valence-electron chi connectivity index (χ3n) is 4.07. The Morgan fingerprint density at radius 1 is 1.42 bits per heavy atom. The predicted octanol–water partition coefficient (Wildman–Crippen LogP) is 3.13. The highest BCUT2D eigenvalue weighted by atomic mass is 35.5. The molecule has 2 unspecified atom stereocenters. The Kier molecular flexibility index (Phi) is 11.4. The average molecular weight is 291 g/mol. The lowest BCUT2D eigenvalue weighted by Crippen LogP contribution is -2.29. The molecule has 19 heavy (non-hydrogen) atoms. The number of nitrogens with one attached hydrogen (secondary N) is 2. The summed E-state index contributed by atoms with van der Waals surface area (Å²) in [7, 11) is 0. The van der Waals surface area contributed by atoms with E-state index in [1.54, 1.807) is 0 Å². The molecule has 1 saturated heterocycles. The van der Waals surface area contributed by atoms with Crippen LogP contribution in [0.3, 0.4) is 0 Å². The molecule has 1 rings (SSSR count). The number of unbranched alkanes of at least 4 members (excludes halogenated alkanes) is 1. The molecule has 0 aromatic rings. The summed E-state index contributed by atoms with van der Waals surface area (Å²) in [6.07, 6.45) is 7.94. The fourth-order valence-corrected chi connectivity index (χ4v) is 2.59.